The first-order chi connectivity index (χ1) is 6.74. The van der Waals surface area contributed by atoms with E-state index in [4.69, 9.17) is 10.1 Å². The summed E-state index contributed by atoms with van der Waals surface area (Å²) < 4.78 is 5.06. The molecule has 1 aliphatic heterocycles. The van der Waals surface area contributed by atoms with Gasteiger partial charge in [-0.05, 0) is 33.2 Å². The molecule has 0 saturated carbocycles. The van der Waals surface area contributed by atoms with Crippen LogP contribution in [-0.4, -0.2) is 43.9 Å². The van der Waals surface area contributed by atoms with Gasteiger partial charge in [-0.3, -0.25) is 0 Å². The van der Waals surface area contributed by atoms with Gasteiger partial charge >= 0.3 is 6.02 Å². The molecule has 1 saturated heterocycles. The highest BCUT2D eigenvalue weighted by atomic mass is 16.5. The van der Waals surface area contributed by atoms with Gasteiger partial charge in [0.1, 0.15) is 6.61 Å². The summed E-state index contributed by atoms with van der Waals surface area (Å²) in [5, 5.41) is 7.10. The van der Waals surface area contributed by atoms with Crippen molar-refractivity contribution in [2.45, 2.75) is 18.9 Å². The molecule has 1 rings (SSSR count). The predicted molar refractivity (Wildman–Crippen MR) is 60.1 cm³/mol. The first kappa shape index (κ1) is 12.8. The maximum absolute atomic E-state index is 7.10. The van der Waals surface area contributed by atoms with Crippen molar-refractivity contribution < 1.29 is 4.74 Å². The van der Waals surface area contributed by atoms with Gasteiger partial charge in [0.05, 0.1) is 0 Å². The Kier molecular flexibility index (Phi) is 6.66. The molecular weight excluding hydrogens is 178 g/mol. The van der Waals surface area contributed by atoms with Gasteiger partial charge in [0.2, 0.25) is 0 Å². The van der Waals surface area contributed by atoms with E-state index in [1.807, 2.05) is 0 Å². The summed E-state index contributed by atoms with van der Waals surface area (Å²) in [5.74, 6) is 0. The van der Waals surface area contributed by atoms with E-state index in [9.17, 15) is 0 Å². The first-order valence-corrected chi connectivity index (χ1v) is 4.62. The Labute approximate surface area is 85.8 Å². The largest absolute Gasteiger partial charge is 0.462 e. The van der Waals surface area contributed by atoms with Crippen LogP contribution in [0.3, 0.4) is 0 Å². The SMILES string of the molecule is C=C.C=NC(=N)OCC1CCCN1C. The van der Waals surface area contributed by atoms with Crippen LogP contribution >= 0.6 is 0 Å². The van der Waals surface area contributed by atoms with E-state index in [0.29, 0.717) is 12.6 Å². The lowest BCUT2D eigenvalue weighted by Crippen LogP contribution is -2.30. The van der Waals surface area contributed by atoms with Crippen molar-refractivity contribution in [3.63, 3.8) is 0 Å². The molecule has 0 radical (unpaired) electrons. The minimum Gasteiger partial charge on any atom is -0.462 e. The molecule has 0 aromatic carbocycles. The topological polar surface area (TPSA) is 48.7 Å². The average molecular weight is 197 g/mol. The van der Waals surface area contributed by atoms with Crippen molar-refractivity contribution in [3.8, 4) is 0 Å². The second-order valence-electron chi connectivity index (χ2n) is 3.05. The van der Waals surface area contributed by atoms with Crippen molar-refractivity contribution in [2.75, 3.05) is 20.2 Å². The summed E-state index contributed by atoms with van der Waals surface area (Å²) in [6, 6.07) is 0.377. The third-order valence-electron chi connectivity index (χ3n) is 2.23. The van der Waals surface area contributed by atoms with Crippen molar-refractivity contribution in [1.82, 2.24) is 4.90 Å². The average Bonchev–Trinajstić information content (AvgIpc) is 2.63. The quantitative estimate of drug-likeness (QED) is 0.414. The molecule has 0 aliphatic carbocycles. The molecular formula is C10H19N3O. The Morgan fingerprint density at radius 2 is 2.29 bits per heavy atom. The molecule has 1 heterocycles. The molecule has 4 nitrogen and oxygen atoms in total. The zero-order valence-electron chi connectivity index (χ0n) is 8.83. The fourth-order valence-electron chi connectivity index (χ4n) is 1.41. The third kappa shape index (κ3) is 4.18. The van der Waals surface area contributed by atoms with Crippen LogP contribution in [0.5, 0.6) is 0 Å². The summed E-state index contributed by atoms with van der Waals surface area (Å²) in [6.45, 7) is 10.9. The van der Waals surface area contributed by atoms with Crippen LogP contribution in [0.15, 0.2) is 18.2 Å². The van der Waals surface area contributed by atoms with E-state index in [-0.39, 0.29) is 6.02 Å². The molecule has 0 aromatic rings. The zero-order valence-corrected chi connectivity index (χ0v) is 8.83. The molecule has 1 aliphatic rings. The molecule has 0 spiro atoms. The Bertz CT molecular complexity index is 194. The number of amidine groups is 1. The number of hydrogen-bond donors (Lipinski definition) is 1. The Hall–Kier alpha value is -1.16. The monoisotopic (exact) mass is 197 g/mol. The van der Waals surface area contributed by atoms with Gasteiger partial charge < -0.3 is 9.64 Å². The first-order valence-electron chi connectivity index (χ1n) is 4.62. The lowest BCUT2D eigenvalue weighted by atomic mass is 10.2. The molecule has 80 valence electrons. The number of hydrogen-bond acceptors (Lipinski definition) is 3. The van der Waals surface area contributed by atoms with Crippen LogP contribution in [0, 0.1) is 5.41 Å². The van der Waals surface area contributed by atoms with Gasteiger partial charge in [-0.2, -0.15) is 0 Å². The maximum atomic E-state index is 7.10. The summed E-state index contributed by atoms with van der Waals surface area (Å²) >= 11 is 0. The molecule has 1 atom stereocenters. The second-order valence-corrected chi connectivity index (χ2v) is 3.05. The van der Waals surface area contributed by atoms with Crippen LogP contribution in [0.1, 0.15) is 12.8 Å². The third-order valence-corrected chi connectivity index (χ3v) is 2.23. The van der Waals surface area contributed by atoms with Gasteiger partial charge in [0.15, 0.2) is 0 Å². The summed E-state index contributed by atoms with van der Waals surface area (Å²) in [6.07, 6.45) is 2.38. The molecule has 14 heavy (non-hydrogen) atoms. The van der Waals surface area contributed by atoms with Crippen LogP contribution in [0.25, 0.3) is 0 Å². The standard InChI is InChI=1S/C8H15N3O.C2H4/c1-10-8(9)12-6-7-4-3-5-11(7)2;1-2/h7,9H,1,3-6H2,2H3;1-2H2. The highest BCUT2D eigenvalue weighted by Crippen LogP contribution is 2.14. The second kappa shape index (κ2) is 7.26. The number of nitrogens with zero attached hydrogens (tertiary/aromatic N) is 2. The summed E-state index contributed by atoms with van der Waals surface area (Å²) in [5.41, 5.74) is 0. The van der Waals surface area contributed by atoms with Crippen molar-refractivity contribution >= 4 is 12.7 Å². The van der Waals surface area contributed by atoms with E-state index in [1.165, 1.54) is 6.42 Å². The van der Waals surface area contributed by atoms with E-state index in [2.05, 4.69) is 36.8 Å². The van der Waals surface area contributed by atoms with Gasteiger partial charge in [0.25, 0.3) is 0 Å². The van der Waals surface area contributed by atoms with E-state index in [1.54, 1.807) is 0 Å². The smallest absolute Gasteiger partial charge is 0.308 e. The summed E-state index contributed by atoms with van der Waals surface area (Å²) in [7, 11) is 2.08. The van der Waals surface area contributed by atoms with E-state index in [0.717, 1.165) is 13.0 Å². The van der Waals surface area contributed by atoms with Crippen LogP contribution in [0.4, 0.5) is 0 Å². The van der Waals surface area contributed by atoms with Crippen molar-refractivity contribution in [2.24, 2.45) is 4.99 Å². The molecule has 1 fully saturated rings. The predicted octanol–water partition coefficient (Wildman–Crippen LogP) is 1.53. The Balaban J connectivity index is 0.000000791. The van der Waals surface area contributed by atoms with Crippen LogP contribution in [-0.2, 0) is 4.74 Å². The molecule has 1 N–H and O–H groups in total. The number of likely N-dealkylation sites (N-methyl/N-ethyl adjacent to an activating group) is 1. The summed E-state index contributed by atoms with van der Waals surface area (Å²) in [4.78, 5) is 5.61. The molecule has 4 heteroatoms. The van der Waals surface area contributed by atoms with E-state index >= 15 is 0 Å². The highest BCUT2D eigenvalue weighted by molar-refractivity contribution is 5.75. The number of nitrogens with one attached hydrogen (secondary N) is 1. The van der Waals surface area contributed by atoms with Gasteiger partial charge in [0, 0.05) is 6.04 Å². The Morgan fingerprint density at radius 1 is 1.64 bits per heavy atom. The van der Waals surface area contributed by atoms with Crippen molar-refractivity contribution in [1.29, 1.82) is 5.41 Å². The van der Waals surface area contributed by atoms with Crippen LogP contribution < -0.4 is 0 Å². The number of ether oxygens (including phenoxy) is 1. The lowest BCUT2D eigenvalue weighted by molar-refractivity contribution is 0.187. The maximum Gasteiger partial charge on any atom is 0.308 e. The molecule has 0 bridgehead atoms. The molecule has 0 aromatic heterocycles. The fourth-order valence-corrected chi connectivity index (χ4v) is 1.41. The number of likely N-dealkylation sites (tertiary alicyclic amines) is 1. The van der Waals surface area contributed by atoms with Crippen LogP contribution in [0.2, 0.25) is 0 Å². The lowest BCUT2D eigenvalue weighted by Gasteiger charge is -2.18. The van der Waals surface area contributed by atoms with E-state index < -0.39 is 0 Å². The minimum absolute atomic E-state index is 0.0738. The zero-order chi connectivity index (χ0) is 11.0. The van der Waals surface area contributed by atoms with Gasteiger partial charge in [-0.1, -0.05) is 0 Å². The number of rotatable bonds is 2. The molecule has 0 amide bonds. The van der Waals surface area contributed by atoms with Crippen molar-refractivity contribution in [3.05, 3.63) is 13.2 Å². The molecule has 1 unspecified atom stereocenters. The normalized spacial score (nSPS) is 20.8. The highest BCUT2D eigenvalue weighted by Gasteiger charge is 2.21. The minimum atomic E-state index is -0.0738. The number of aliphatic imine (C=N–C) groups is 1. The van der Waals surface area contributed by atoms with Gasteiger partial charge in [-0.25, -0.2) is 10.4 Å². The Morgan fingerprint density at radius 3 is 2.71 bits per heavy atom. The van der Waals surface area contributed by atoms with Gasteiger partial charge in [-0.15, -0.1) is 13.2 Å². The fraction of sp³-hybridized carbons (Fsp3) is 0.600.